The van der Waals surface area contributed by atoms with Gasteiger partial charge in [-0.3, -0.25) is 0 Å². The Morgan fingerprint density at radius 2 is 2.28 bits per heavy atom. The molecule has 0 unspecified atom stereocenters. The number of rotatable bonds is 4. The first-order valence-corrected chi connectivity index (χ1v) is 7.22. The van der Waals surface area contributed by atoms with Gasteiger partial charge in [0, 0.05) is 31.8 Å². The van der Waals surface area contributed by atoms with Crippen molar-refractivity contribution in [3.8, 4) is 0 Å². The number of aliphatic hydroxyl groups excluding tert-OH is 1. The largest absolute Gasteiger partial charge is 0.396 e. The quantitative estimate of drug-likeness (QED) is 0.752. The van der Waals surface area contributed by atoms with Crippen LogP contribution in [-0.2, 0) is 17.1 Å². The number of sulfonamides is 1. The second kappa shape index (κ2) is 4.83. The van der Waals surface area contributed by atoms with E-state index in [1.54, 1.807) is 24.6 Å². The second-order valence-electron chi connectivity index (χ2n) is 4.53. The van der Waals surface area contributed by atoms with Crippen molar-refractivity contribution in [1.29, 1.82) is 0 Å². The lowest BCUT2D eigenvalue weighted by Gasteiger charge is -2.11. The van der Waals surface area contributed by atoms with Gasteiger partial charge in [-0.05, 0) is 13.3 Å². The molecule has 18 heavy (non-hydrogen) atoms. The standard InChI is InChI=1S/C11H17N3O3S/c1-8-12-11(6-14(8)2)18(16,17)13-10-4-3-9(5-10)7-15/h3-4,6,9-10,13,15H,5,7H2,1-2H3/t9-,10+/m0/s1. The Balaban J connectivity index is 2.11. The molecule has 1 aliphatic rings. The van der Waals surface area contributed by atoms with Crippen LogP contribution in [0.15, 0.2) is 23.4 Å². The fourth-order valence-electron chi connectivity index (χ4n) is 1.91. The summed E-state index contributed by atoms with van der Waals surface area (Å²) in [4.78, 5) is 4.00. The van der Waals surface area contributed by atoms with E-state index in [1.807, 2.05) is 6.08 Å². The molecule has 1 aliphatic carbocycles. The number of nitrogens with zero attached hydrogens (tertiary/aromatic N) is 2. The molecule has 0 spiro atoms. The third-order valence-corrected chi connectivity index (χ3v) is 4.44. The molecule has 1 heterocycles. The lowest BCUT2D eigenvalue weighted by molar-refractivity contribution is 0.248. The van der Waals surface area contributed by atoms with E-state index in [4.69, 9.17) is 5.11 Å². The van der Waals surface area contributed by atoms with E-state index < -0.39 is 10.0 Å². The van der Waals surface area contributed by atoms with Crippen molar-refractivity contribution in [3.05, 3.63) is 24.2 Å². The van der Waals surface area contributed by atoms with Crippen LogP contribution in [0.2, 0.25) is 0 Å². The summed E-state index contributed by atoms with van der Waals surface area (Å²) < 4.78 is 28.4. The smallest absolute Gasteiger partial charge is 0.260 e. The molecule has 1 aromatic rings. The number of aryl methyl sites for hydroxylation is 2. The first-order chi connectivity index (χ1) is 8.42. The fraction of sp³-hybridized carbons (Fsp3) is 0.545. The van der Waals surface area contributed by atoms with Crippen molar-refractivity contribution in [3.63, 3.8) is 0 Å². The molecule has 0 saturated heterocycles. The first-order valence-electron chi connectivity index (χ1n) is 5.74. The minimum atomic E-state index is -3.59. The molecule has 1 aromatic heterocycles. The summed E-state index contributed by atoms with van der Waals surface area (Å²) in [6.45, 7) is 1.79. The first kappa shape index (κ1) is 13.3. The number of aliphatic hydroxyl groups is 1. The van der Waals surface area contributed by atoms with Crippen molar-refractivity contribution >= 4 is 10.0 Å². The Hall–Kier alpha value is -1.18. The average molecular weight is 271 g/mol. The molecular weight excluding hydrogens is 254 g/mol. The monoisotopic (exact) mass is 271 g/mol. The van der Waals surface area contributed by atoms with Crippen LogP contribution in [0.1, 0.15) is 12.2 Å². The second-order valence-corrected chi connectivity index (χ2v) is 6.19. The van der Waals surface area contributed by atoms with Gasteiger partial charge in [0.2, 0.25) is 0 Å². The Kier molecular flexibility index (Phi) is 3.56. The highest BCUT2D eigenvalue weighted by Crippen LogP contribution is 2.19. The number of aromatic nitrogens is 2. The van der Waals surface area contributed by atoms with E-state index in [0.29, 0.717) is 12.2 Å². The van der Waals surface area contributed by atoms with Gasteiger partial charge in [0.15, 0.2) is 5.03 Å². The van der Waals surface area contributed by atoms with Crippen LogP contribution >= 0.6 is 0 Å². The zero-order valence-corrected chi connectivity index (χ0v) is 11.2. The number of hydrogen-bond donors (Lipinski definition) is 2. The summed E-state index contributed by atoms with van der Waals surface area (Å²) in [6, 6.07) is -0.269. The van der Waals surface area contributed by atoms with E-state index in [0.717, 1.165) is 0 Å². The maximum atomic E-state index is 12.1. The molecule has 2 N–H and O–H groups in total. The van der Waals surface area contributed by atoms with Crippen molar-refractivity contribution in [1.82, 2.24) is 14.3 Å². The Morgan fingerprint density at radius 1 is 1.56 bits per heavy atom. The Labute approximate surface area is 106 Å². The third kappa shape index (κ3) is 2.63. The Morgan fingerprint density at radius 3 is 2.78 bits per heavy atom. The van der Waals surface area contributed by atoms with Gasteiger partial charge in [-0.15, -0.1) is 0 Å². The van der Waals surface area contributed by atoms with Crippen LogP contribution in [0, 0.1) is 12.8 Å². The predicted octanol–water partition coefficient (Wildman–Crippen LogP) is -0.0562. The molecule has 0 aromatic carbocycles. The van der Waals surface area contributed by atoms with E-state index in [-0.39, 0.29) is 23.6 Å². The lowest BCUT2D eigenvalue weighted by atomic mass is 10.1. The minimum absolute atomic E-state index is 0.0307. The van der Waals surface area contributed by atoms with E-state index >= 15 is 0 Å². The zero-order valence-electron chi connectivity index (χ0n) is 10.4. The molecule has 100 valence electrons. The van der Waals surface area contributed by atoms with Gasteiger partial charge in [0.1, 0.15) is 5.82 Å². The van der Waals surface area contributed by atoms with Crippen molar-refractivity contribution in [2.45, 2.75) is 24.4 Å². The summed E-state index contributed by atoms with van der Waals surface area (Å²) in [6.07, 6.45) is 5.67. The molecular formula is C11H17N3O3S. The van der Waals surface area contributed by atoms with Gasteiger partial charge >= 0.3 is 0 Å². The molecule has 7 heteroatoms. The van der Waals surface area contributed by atoms with Crippen LogP contribution < -0.4 is 4.72 Å². The van der Waals surface area contributed by atoms with Crippen LogP contribution in [0.4, 0.5) is 0 Å². The number of nitrogens with one attached hydrogen (secondary N) is 1. The molecule has 0 radical (unpaired) electrons. The maximum Gasteiger partial charge on any atom is 0.260 e. The highest BCUT2D eigenvalue weighted by molar-refractivity contribution is 7.89. The van der Waals surface area contributed by atoms with Gasteiger partial charge in [0.25, 0.3) is 10.0 Å². The molecule has 0 bridgehead atoms. The van der Waals surface area contributed by atoms with Crippen LogP contribution in [0.5, 0.6) is 0 Å². The molecule has 6 nitrogen and oxygen atoms in total. The van der Waals surface area contributed by atoms with E-state index in [2.05, 4.69) is 9.71 Å². The highest BCUT2D eigenvalue weighted by Gasteiger charge is 2.25. The van der Waals surface area contributed by atoms with Crippen LogP contribution in [0.25, 0.3) is 0 Å². The fourth-order valence-corrected chi connectivity index (χ4v) is 3.16. The van der Waals surface area contributed by atoms with Gasteiger partial charge in [-0.2, -0.15) is 0 Å². The molecule has 0 saturated carbocycles. The van der Waals surface area contributed by atoms with E-state index in [9.17, 15) is 8.42 Å². The molecule has 0 fully saturated rings. The average Bonchev–Trinajstić information content (AvgIpc) is 2.87. The minimum Gasteiger partial charge on any atom is -0.396 e. The predicted molar refractivity (Wildman–Crippen MR) is 66.4 cm³/mol. The van der Waals surface area contributed by atoms with Crippen molar-refractivity contribution < 1.29 is 13.5 Å². The molecule has 2 rings (SSSR count). The number of imidazole rings is 1. The molecule has 0 amide bonds. The van der Waals surface area contributed by atoms with Gasteiger partial charge in [-0.25, -0.2) is 18.1 Å². The molecule has 0 aliphatic heterocycles. The van der Waals surface area contributed by atoms with Crippen molar-refractivity contribution in [2.75, 3.05) is 6.61 Å². The number of hydrogen-bond acceptors (Lipinski definition) is 4. The van der Waals surface area contributed by atoms with Gasteiger partial charge in [-0.1, -0.05) is 12.2 Å². The summed E-state index contributed by atoms with van der Waals surface area (Å²) in [5.74, 6) is 0.675. The summed E-state index contributed by atoms with van der Waals surface area (Å²) in [5, 5.41) is 9.03. The molecule has 2 atom stereocenters. The highest BCUT2D eigenvalue weighted by atomic mass is 32.2. The third-order valence-electron chi connectivity index (χ3n) is 3.08. The summed E-state index contributed by atoms with van der Waals surface area (Å²) in [7, 11) is -1.84. The van der Waals surface area contributed by atoms with Crippen LogP contribution in [-0.4, -0.2) is 35.7 Å². The SMILES string of the molecule is Cc1nc(S(=O)(=O)N[C@@H]2C=C[C@H](CO)C2)cn1C. The topological polar surface area (TPSA) is 84.2 Å². The Bertz CT molecular complexity index is 543. The zero-order chi connectivity index (χ0) is 13.3. The normalized spacial score (nSPS) is 23.7. The van der Waals surface area contributed by atoms with Crippen molar-refractivity contribution in [2.24, 2.45) is 13.0 Å². The van der Waals surface area contributed by atoms with Crippen LogP contribution in [0.3, 0.4) is 0 Å². The maximum absolute atomic E-state index is 12.1. The summed E-state index contributed by atoms with van der Waals surface area (Å²) in [5.41, 5.74) is 0. The lowest BCUT2D eigenvalue weighted by Crippen LogP contribution is -2.33. The van der Waals surface area contributed by atoms with Gasteiger partial charge < -0.3 is 9.67 Å². The van der Waals surface area contributed by atoms with E-state index in [1.165, 1.54) is 6.20 Å². The van der Waals surface area contributed by atoms with Gasteiger partial charge in [0.05, 0.1) is 0 Å². The summed E-state index contributed by atoms with van der Waals surface area (Å²) >= 11 is 0.